The lowest BCUT2D eigenvalue weighted by Crippen LogP contribution is -2.37. The average Bonchev–Trinajstić information content (AvgIpc) is 3.20. The molecule has 1 N–H and O–H groups in total. The monoisotopic (exact) mass is 416 g/mol. The highest BCUT2D eigenvalue weighted by molar-refractivity contribution is 9.10. The minimum Gasteiger partial charge on any atom is -0.444 e. The highest BCUT2D eigenvalue weighted by Crippen LogP contribution is 2.34. The number of likely N-dealkylation sites (tertiary alicyclic amines) is 1. The molecule has 136 valence electrons. The largest absolute Gasteiger partial charge is 0.444 e. The van der Waals surface area contributed by atoms with Crippen LogP contribution in [0.5, 0.6) is 0 Å². The molecule has 3 rings (SSSR count). The van der Waals surface area contributed by atoms with E-state index in [0.29, 0.717) is 18.8 Å². The molecule has 0 unspecified atom stereocenters. The second-order valence-corrected chi connectivity index (χ2v) is 8.27. The zero-order valence-corrected chi connectivity index (χ0v) is 16.6. The number of H-pyrrole nitrogens is 1. The Balaban J connectivity index is 1.85. The van der Waals surface area contributed by atoms with Gasteiger partial charge in [-0.3, -0.25) is 4.90 Å². The van der Waals surface area contributed by atoms with Crippen LogP contribution in [0, 0.1) is 6.57 Å². The lowest BCUT2D eigenvalue weighted by atomic mass is 10.1. The molecule has 1 aliphatic rings. The third kappa shape index (κ3) is 4.07. The van der Waals surface area contributed by atoms with Crippen molar-refractivity contribution in [3.63, 3.8) is 0 Å². The number of aromatic nitrogens is 2. The molecule has 26 heavy (non-hydrogen) atoms. The number of hydrogen-bond donors (Lipinski definition) is 1. The van der Waals surface area contributed by atoms with Crippen LogP contribution in [-0.2, 0) is 4.74 Å². The van der Waals surface area contributed by atoms with Gasteiger partial charge in [0.2, 0.25) is 6.04 Å². The highest BCUT2D eigenvalue weighted by atomic mass is 79.9. The summed E-state index contributed by atoms with van der Waals surface area (Å²) in [6, 6.07) is 7.38. The first-order valence-electron chi connectivity index (χ1n) is 8.44. The van der Waals surface area contributed by atoms with Crippen LogP contribution in [0.15, 0.2) is 34.9 Å². The van der Waals surface area contributed by atoms with Gasteiger partial charge in [-0.25, -0.2) is 16.4 Å². The van der Waals surface area contributed by atoms with Gasteiger partial charge in [-0.1, -0.05) is 28.1 Å². The van der Waals surface area contributed by atoms with Crippen LogP contribution < -0.4 is 0 Å². The lowest BCUT2D eigenvalue weighted by molar-refractivity contribution is 0.0218. The van der Waals surface area contributed by atoms with Gasteiger partial charge in [-0.15, -0.1) is 0 Å². The number of carbonyl (C=O) groups is 1. The molecule has 1 aromatic carbocycles. The molecule has 2 heterocycles. The Kier molecular flexibility index (Phi) is 5.05. The lowest BCUT2D eigenvalue weighted by Gasteiger charge is -2.27. The summed E-state index contributed by atoms with van der Waals surface area (Å²) in [7, 11) is 0. The molecule has 1 aromatic heterocycles. The Morgan fingerprint density at radius 3 is 2.69 bits per heavy atom. The summed E-state index contributed by atoms with van der Waals surface area (Å²) in [6.45, 7) is 13.2. The van der Waals surface area contributed by atoms with Crippen LogP contribution in [0.4, 0.5) is 4.79 Å². The Morgan fingerprint density at radius 2 is 2.08 bits per heavy atom. The van der Waals surface area contributed by atoms with E-state index in [9.17, 15) is 4.79 Å². The van der Waals surface area contributed by atoms with Gasteiger partial charge in [0.05, 0.1) is 18.3 Å². The molecular weight excluding hydrogens is 396 g/mol. The summed E-state index contributed by atoms with van der Waals surface area (Å²) < 4.78 is 6.52. The fourth-order valence-corrected chi connectivity index (χ4v) is 3.24. The van der Waals surface area contributed by atoms with E-state index in [0.717, 1.165) is 15.7 Å². The second kappa shape index (κ2) is 7.12. The number of rotatable bonds is 2. The van der Waals surface area contributed by atoms with Crippen molar-refractivity contribution in [1.29, 1.82) is 0 Å². The number of amides is 1. The van der Waals surface area contributed by atoms with E-state index in [1.54, 1.807) is 11.1 Å². The molecule has 0 radical (unpaired) electrons. The maximum atomic E-state index is 12.6. The number of ether oxygens (including phenoxy) is 1. The summed E-state index contributed by atoms with van der Waals surface area (Å²) >= 11 is 3.43. The Hall–Kier alpha value is -2.33. The third-order valence-electron chi connectivity index (χ3n) is 4.16. The maximum absolute atomic E-state index is 12.6. The third-order valence-corrected chi connectivity index (χ3v) is 4.68. The minimum atomic E-state index is -0.580. The molecule has 7 heteroatoms. The smallest absolute Gasteiger partial charge is 0.411 e. The average molecular weight is 417 g/mol. The van der Waals surface area contributed by atoms with Crippen molar-refractivity contribution in [2.24, 2.45) is 0 Å². The molecule has 2 atom stereocenters. The minimum absolute atomic E-state index is 0.242. The SMILES string of the molecule is [C-]#[N+][C@H]1C[C@@H](c2ncc(-c3ccc(Br)cc3)[nH]2)N(C(=O)OC(C)(C)C)C1. The molecule has 1 saturated heterocycles. The highest BCUT2D eigenvalue weighted by Gasteiger charge is 2.42. The first kappa shape index (κ1) is 18.5. The van der Waals surface area contributed by atoms with E-state index in [4.69, 9.17) is 11.3 Å². The van der Waals surface area contributed by atoms with Crippen molar-refractivity contribution in [3.8, 4) is 11.3 Å². The van der Waals surface area contributed by atoms with Gasteiger partial charge in [0.1, 0.15) is 24.0 Å². The molecule has 1 amide bonds. The molecule has 0 spiro atoms. The van der Waals surface area contributed by atoms with E-state index in [1.165, 1.54) is 0 Å². The summed E-state index contributed by atoms with van der Waals surface area (Å²) in [5, 5.41) is 0. The van der Waals surface area contributed by atoms with Crippen molar-refractivity contribution in [3.05, 3.63) is 52.2 Å². The van der Waals surface area contributed by atoms with Gasteiger partial charge < -0.3 is 14.6 Å². The van der Waals surface area contributed by atoms with Gasteiger partial charge in [-0.2, -0.15) is 0 Å². The summed E-state index contributed by atoms with van der Waals surface area (Å²) in [5.41, 5.74) is 1.31. The van der Waals surface area contributed by atoms with Crippen molar-refractivity contribution < 1.29 is 9.53 Å². The molecule has 1 fully saturated rings. The Bertz CT molecular complexity index is 832. The quantitative estimate of drug-likeness (QED) is 0.714. The Morgan fingerprint density at radius 1 is 1.38 bits per heavy atom. The number of imidazole rings is 1. The van der Waals surface area contributed by atoms with E-state index in [1.807, 2.05) is 45.0 Å². The van der Waals surface area contributed by atoms with Gasteiger partial charge >= 0.3 is 6.09 Å². The molecule has 0 saturated carbocycles. The zero-order valence-electron chi connectivity index (χ0n) is 15.0. The molecule has 2 aromatic rings. The predicted octanol–water partition coefficient (Wildman–Crippen LogP) is 4.81. The fraction of sp³-hybridized carbons (Fsp3) is 0.421. The van der Waals surface area contributed by atoms with Crippen molar-refractivity contribution >= 4 is 22.0 Å². The summed E-state index contributed by atoms with van der Waals surface area (Å²) in [4.78, 5) is 25.6. The van der Waals surface area contributed by atoms with Crippen molar-refractivity contribution in [1.82, 2.24) is 14.9 Å². The molecular formula is C19H21BrN4O2. The molecule has 0 aliphatic carbocycles. The predicted molar refractivity (Wildman–Crippen MR) is 102 cm³/mol. The topological polar surface area (TPSA) is 62.6 Å². The van der Waals surface area contributed by atoms with E-state index in [2.05, 4.69) is 30.7 Å². The first-order chi connectivity index (χ1) is 12.3. The number of hydrogen-bond acceptors (Lipinski definition) is 3. The van der Waals surface area contributed by atoms with E-state index in [-0.39, 0.29) is 12.1 Å². The normalized spacial score (nSPS) is 20.0. The van der Waals surface area contributed by atoms with Crippen molar-refractivity contribution in [2.75, 3.05) is 6.54 Å². The number of halogens is 1. The fourth-order valence-electron chi connectivity index (χ4n) is 2.97. The maximum Gasteiger partial charge on any atom is 0.411 e. The summed E-state index contributed by atoms with van der Waals surface area (Å²) in [5.74, 6) is 0.680. The molecule has 6 nitrogen and oxygen atoms in total. The summed E-state index contributed by atoms with van der Waals surface area (Å²) in [6.07, 6.45) is 1.91. The van der Waals surface area contributed by atoms with E-state index >= 15 is 0 Å². The number of benzene rings is 1. The van der Waals surface area contributed by atoms with Crippen LogP contribution in [0.3, 0.4) is 0 Å². The van der Waals surface area contributed by atoms with E-state index < -0.39 is 11.7 Å². The van der Waals surface area contributed by atoms with Crippen molar-refractivity contribution in [2.45, 2.75) is 44.9 Å². The van der Waals surface area contributed by atoms with Gasteiger partial charge in [0.15, 0.2) is 0 Å². The van der Waals surface area contributed by atoms with Crippen LogP contribution >= 0.6 is 15.9 Å². The van der Waals surface area contributed by atoms with Gasteiger partial charge in [0, 0.05) is 4.47 Å². The van der Waals surface area contributed by atoms with Gasteiger partial charge in [0.25, 0.3) is 0 Å². The van der Waals surface area contributed by atoms with Crippen LogP contribution in [0.1, 0.15) is 39.1 Å². The number of nitrogens with one attached hydrogen (secondary N) is 1. The molecule has 1 aliphatic heterocycles. The number of aromatic amines is 1. The van der Waals surface area contributed by atoms with Crippen LogP contribution in [-0.4, -0.2) is 39.1 Å². The number of carbonyl (C=O) groups excluding carboxylic acids is 1. The van der Waals surface area contributed by atoms with Crippen LogP contribution in [0.25, 0.3) is 16.1 Å². The number of nitrogens with zero attached hydrogens (tertiary/aromatic N) is 3. The second-order valence-electron chi connectivity index (χ2n) is 7.36. The zero-order chi connectivity index (χ0) is 18.9. The first-order valence-corrected chi connectivity index (χ1v) is 9.23. The molecule has 0 bridgehead atoms. The van der Waals surface area contributed by atoms with Gasteiger partial charge in [-0.05, 0) is 38.5 Å². The standard InChI is InChI=1S/C19H21BrN4O2/c1-19(2,3)26-18(25)24-11-14(21-4)9-16(24)17-22-10-15(23-17)12-5-7-13(20)8-6-12/h5-8,10,14,16H,9,11H2,1-3H3,(H,22,23)/t14-,16-/m0/s1. The van der Waals surface area contributed by atoms with Crippen LogP contribution in [0.2, 0.25) is 0 Å². The Labute approximate surface area is 161 Å².